The topological polar surface area (TPSA) is 75.7 Å². The van der Waals surface area contributed by atoms with E-state index in [2.05, 4.69) is 17.4 Å². The van der Waals surface area contributed by atoms with E-state index in [0.29, 0.717) is 25.1 Å². The van der Waals surface area contributed by atoms with E-state index in [4.69, 9.17) is 4.74 Å². The number of amides is 1. The number of methoxy groups -OCH3 is 1. The van der Waals surface area contributed by atoms with Crippen LogP contribution in [0.15, 0.2) is 53.4 Å². The van der Waals surface area contributed by atoms with E-state index in [-0.39, 0.29) is 29.3 Å². The Balaban J connectivity index is 1.60. The first-order valence-corrected chi connectivity index (χ1v) is 12.2. The van der Waals surface area contributed by atoms with Crippen molar-refractivity contribution in [1.29, 1.82) is 0 Å². The minimum Gasteiger partial charge on any atom is -0.496 e. The summed E-state index contributed by atoms with van der Waals surface area (Å²) in [4.78, 5) is 13.1. The largest absolute Gasteiger partial charge is 0.496 e. The van der Waals surface area contributed by atoms with E-state index in [1.807, 2.05) is 32.0 Å². The molecule has 0 aliphatic carbocycles. The van der Waals surface area contributed by atoms with Crippen molar-refractivity contribution in [2.45, 2.75) is 50.5 Å². The maximum Gasteiger partial charge on any atom is 0.243 e. The molecule has 1 fully saturated rings. The molecule has 1 heterocycles. The fourth-order valence-electron chi connectivity index (χ4n) is 4.00. The molecule has 3 rings (SSSR count). The average molecular weight is 445 g/mol. The summed E-state index contributed by atoms with van der Waals surface area (Å²) in [5, 5.41) is 3.08. The monoisotopic (exact) mass is 444 g/mol. The van der Waals surface area contributed by atoms with Gasteiger partial charge in [0.25, 0.3) is 0 Å². The van der Waals surface area contributed by atoms with E-state index in [1.54, 1.807) is 25.3 Å². The Bertz CT molecular complexity index is 992. The van der Waals surface area contributed by atoms with Crippen molar-refractivity contribution in [1.82, 2.24) is 9.62 Å². The molecule has 0 saturated carbocycles. The highest BCUT2D eigenvalue weighted by molar-refractivity contribution is 7.89. The minimum absolute atomic E-state index is 0.0314. The molecule has 31 heavy (non-hydrogen) atoms. The molecule has 2 aromatic carbocycles. The van der Waals surface area contributed by atoms with Gasteiger partial charge in [0.15, 0.2) is 0 Å². The standard InChI is InChI=1S/C24H32N2O4S/c1-18-16-22(13-14-23(18)30-3)31(28,29)26-15-7-10-21(17-26)24(27)25-19(2)11-12-20-8-5-4-6-9-20/h4-6,8-9,13-14,16,19,21H,7,10-12,15,17H2,1-3H3,(H,25,27)/t19-,21+/m1/s1. The molecule has 1 aliphatic rings. The molecule has 1 saturated heterocycles. The highest BCUT2D eigenvalue weighted by Crippen LogP contribution is 2.27. The number of carbonyl (C=O) groups excluding carboxylic acids is 1. The molecule has 0 spiro atoms. The Morgan fingerprint density at radius 3 is 2.65 bits per heavy atom. The smallest absolute Gasteiger partial charge is 0.243 e. The summed E-state index contributed by atoms with van der Waals surface area (Å²) < 4.78 is 33.0. The summed E-state index contributed by atoms with van der Waals surface area (Å²) in [6, 6.07) is 15.1. The summed E-state index contributed by atoms with van der Waals surface area (Å²) in [5.74, 6) is 0.257. The van der Waals surface area contributed by atoms with Gasteiger partial charge in [-0.25, -0.2) is 8.42 Å². The molecule has 0 bridgehead atoms. The van der Waals surface area contributed by atoms with Gasteiger partial charge >= 0.3 is 0 Å². The van der Waals surface area contributed by atoms with Crippen LogP contribution in [0, 0.1) is 12.8 Å². The lowest BCUT2D eigenvalue weighted by Crippen LogP contribution is -2.47. The Morgan fingerprint density at radius 1 is 1.23 bits per heavy atom. The van der Waals surface area contributed by atoms with Gasteiger partial charge in [0.05, 0.1) is 17.9 Å². The lowest BCUT2D eigenvalue weighted by atomic mass is 9.98. The Kier molecular flexibility index (Phi) is 7.73. The van der Waals surface area contributed by atoms with Crippen LogP contribution in [0.5, 0.6) is 5.75 Å². The van der Waals surface area contributed by atoms with Gasteiger partial charge in [0, 0.05) is 19.1 Å². The fraction of sp³-hybridized carbons (Fsp3) is 0.458. The number of carbonyl (C=O) groups is 1. The second-order valence-corrected chi connectivity index (χ2v) is 10.2. The number of ether oxygens (including phenoxy) is 1. The molecule has 1 amide bonds. The first-order chi connectivity index (χ1) is 14.8. The van der Waals surface area contributed by atoms with Crippen LogP contribution in [0.25, 0.3) is 0 Å². The summed E-state index contributed by atoms with van der Waals surface area (Å²) in [7, 11) is -2.09. The summed E-state index contributed by atoms with van der Waals surface area (Å²) in [6.07, 6.45) is 3.11. The second-order valence-electron chi connectivity index (χ2n) is 8.27. The molecule has 168 valence electrons. The van der Waals surface area contributed by atoms with E-state index >= 15 is 0 Å². The summed E-state index contributed by atoms with van der Waals surface area (Å²) in [6.45, 7) is 4.46. The van der Waals surface area contributed by atoms with E-state index < -0.39 is 10.0 Å². The lowest BCUT2D eigenvalue weighted by Gasteiger charge is -2.32. The molecule has 6 nitrogen and oxygen atoms in total. The van der Waals surface area contributed by atoms with Crippen LogP contribution in [-0.2, 0) is 21.2 Å². The molecule has 2 atom stereocenters. The van der Waals surface area contributed by atoms with Gasteiger partial charge in [0.1, 0.15) is 5.75 Å². The first kappa shape index (κ1) is 23.3. The van der Waals surface area contributed by atoms with Crippen LogP contribution in [-0.4, -0.2) is 44.9 Å². The number of nitrogens with one attached hydrogen (secondary N) is 1. The van der Waals surface area contributed by atoms with Crippen molar-refractivity contribution < 1.29 is 17.9 Å². The van der Waals surface area contributed by atoms with Crippen LogP contribution in [0.2, 0.25) is 0 Å². The molecule has 7 heteroatoms. The maximum absolute atomic E-state index is 13.1. The number of piperidine rings is 1. The molecule has 0 aromatic heterocycles. The highest BCUT2D eigenvalue weighted by atomic mass is 32.2. The zero-order chi connectivity index (χ0) is 22.4. The molecule has 2 aromatic rings. The van der Waals surface area contributed by atoms with Crippen molar-refractivity contribution >= 4 is 15.9 Å². The van der Waals surface area contributed by atoms with Gasteiger partial charge in [-0.15, -0.1) is 0 Å². The first-order valence-electron chi connectivity index (χ1n) is 10.8. The van der Waals surface area contributed by atoms with Gasteiger partial charge in [0.2, 0.25) is 15.9 Å². The van der Waals surface area contributed by atoms with Gasteiger partial charge in [-0.1, -0.05) is 30.3 Å². The average Bonchev–Trinajstić information content (AvgIpc) is 2.78. The van der Waals surface area contributed by atoms with Gasteiger partial charge < -0.3 is 10.1 Å². The minimum atomic E-state index is -3.65. The Hall–Kier alpha value is -2.38. The van der Waals surface area contributed by atoms with Gasteiger partial charge in [-0.05, 0) is 68.9 Å². The number of hydrogen-bond acceptors (Lipinski definition) is 4. The van der Waals surface area contributed by atoms with Gasteiger partial charge in [-0.2, -0.15) is 4.31 Å². The third-order valence-electron chi connectivity index (χ3n) is 5.86. The maximum atomic E-state index is 13.1. The Labute approximate surface area is 185 Å². The number of nitrogens with zero attached hydrogens (tertiary/aromatic N) is 1. The molecule has 0 radical (unpaired) electrons. The van der Waals surface area contributed by atoms with Crippen LogP contribution in [0.1, 0.15) is 37.3 Å². The van der Waals surface area contributed by atoms with Crippen molar-refractivity contribution in [3.63, 3.8) is 0 Å². The van der Waals surface area contributed by atoms with Crippen LogP contribution >= 0.6 is 0 Å². The third-order valence-corrected chi connectivity index (χ3v) is 7.72. The number of sulfonamides is 1. The summed E-state index contributed by atoms with van der Waals surface area (Å²) in [5.41, 5.74) is 2.01. The number of aryl methyl sites for hydroxylation is 2. The predicted octanol–water partition coefficient (Wildman–Crippen LogP) is 3.54. The zero-order valence-corrected chi connectivity index (χ0v) is 19.3. The van der Waals surface area contributed by atoms with Gasteiger partial charge in [-0.3, -0.25) is 4.79 Å². The molecular formula is C24H32N2O4S. The number of hydrogen-bond donors (Lipinski definition) is 1. The van der Waals surface area contributed by atoms with Crippen LogP contribution in [0.4, 0.5) is 0 Å². The number of benzene rings is 2. The SMILES string of the molecule is COc1ccc(S(=O)(=O)N2CCC[C@H](C(=O)N[C@H](C)CCc3ccccc3)C2)cc1C. The molecule has 1 aliphatic heterocycles. The van der Waals surface area contributed by atoms with Crippen LogP contribution < -0.4 is 10.1 Å². The fourth-order valence-corrected chi connectivity index (χ4v) is 5.61. The van der Waals surface area contributed by atoms with Crippen LogP contribution in [0.3, 0.4) is 0 Å². The second kappa shape index (κ2) is 10.3. The van der Waals surface area contributed by atoms with Crippen molar-refractivity contribution in [2.75, 3.05) is 20.2 Å². The number of rotatable bonds is 8. The van der Waals surface area contributed by atoms with E-state index in [1.165, 1.54) is 9.87 Å². The third kappa shape index (κ3) is 5.86. The van der Waals surface area contributed by atoms with Crippen molar-refractivity contribution in [3.05, 3.63) is 59.7 Å². The highest BCUT2D eigenvalue weighted by Gasteiger charge is 2.33. The predicted molar refractivity (Wildman–Crippen MR) is 122 cm³/mol. The Morgan fingerprint density at radius 2 is 1.97 bits per heavy atom. The molecule has 1 N–H and O–H groups in total. The molecular weight excluding hydrogens is 412 g/mol. The quantitative estimate of drug-likeness (QED) is 0.676. The van der Waals surface area contributed by atoms with Crippen molar-refractivity contribution in [2.24, 2.45) is 5.92 Å². The zero-order valence-electron chi connectivity index (χ0n) is 18.5. The normalized spacial score (nSPS) is 18.4. The molecule has 0 unspecified atom stereocenters. The van der Waals surface area contributed by atoms with E-state index in [9.17, 15) is 13.2 Å². The van der Waals surface area contributed by atoms with E-state index in [0.717, 1.165) is 18.4 Å². The summed E-state index contributed by atoms with van der Waals surface area (Å²) >= 11 is 0. The lowest BCUT2D eigenvalue weighted by molar-refractivity contribution is -0.126. The van der Waals surface area contributed by atoms with Crippen molar-refractivity contribution in [3.8, 4) is 5.75 Å².